The number of hydrogen-bond acceptors (Lipinski definition) is 4. The summed E-state index contributed by atoms with van der Waals surface area (Å²) >= 11 is 0. The van der Waals surface area contributed by atoms with Crippen LogP contribution in [0.4, 0.5) is 0 Å². The molecule has 0 spiro atoms. The van der Waals surface area contributed by atoms with Crippen molar-refractivity contribution in [3.63, 3.8) is 0 Å². The average Bonchev–Trinajstić information content (AvgIpc) is 2.45. The lowest BCUT2D eigenvalue weighted by Gasteiger charge is -2.22. The van der Waals surface area contributed by atoms with Crippen molar-refractivity contribution in [2.24, 2.45) is 5.41 Å². The first-order valence-corrected chi connectivity index (χ1v) is 7.12. The molecule has 0 aromatic carbocycles. The molecule has 5 nitrogen and oxygen atoms in total. The van der Waals surface area contributed by atoms with Crippen LogP contribution < -0.4 is 10.0 Å². The standard InChI is InChI=1S/C10H22N2O3S/c1-10(2,3)7-16(13,14)12-8-5-11-6-9(8)15-4/h8-9,11-12H,5-7H2,1-4H3/t8?,9-/m0/s1. The molecule has 0 bridgehead atoms. The van der Waals surface area contributed by atoms with Crippen molar-refractivity contribution >= 4 is 10.0 Å². The first-order chi connectivity index (χ1) is 7.23. The largest absolute Gasteiger partial charge is 0.378 e. The lowest BCUT2D eigenvalue weighted by atomic mass is 10.0. The van der Waals surface area contributed by atoms with E-state index in [-0.39, 0.29) is 23.3 Å². The van der Waals surface area contributed by atoms with Gasteiger partial charge in [-0.2, -0.15) is 0 Å². The lowest BCUT2D eigenvalue weighted by Crippen LogP contribution is -2.45. The number of ether oxygens (including phenoxy) is 1. The van der Waals surface area contributed by atoms with E-state index in [1.54, 1.807) is 7.11 Å². The molecule has 96 valence electrons. The second kappa shape index (κ2) is 5.00. The van der Waals surface area contributed by atoms with E-state index >= 15 is 0 Å². The number of nitrogens with one attached hydrogen (secondary N) is 2. The van der Waals surface area contributed by atoms with Crippen LogP contribution in [0.5, 0.6) is 0 Å². The first-order valence-electron chi connectivity index (χ1n) is 5.47. The molecule has 1 unspecified atom stereocenters. The first kappa shape index (κ1) is 13.9. The second-order valence-electron chi connectivity index (χ2n) is 5.48. The second-order valence-corrected chi connectivity index (χ2v) is 7.23. The summed E-state index contributed by atoms with van der Waals surface area (Å²) in [6, 6.07) is -0.155. The van der Waals surface area contributed by atoms with Gasteiger partial charge in [-0.1, -0.05) is 20.8 Å². The Kier molecular flexibility index (Phi) is 4.34. The number of hydrogen-bond donors (Lipinski definition) is 2. The summed E-state index contributed by atoms with van der Waals surface area (Å²) in [5, 5.41) is 3.11. The van der Waals surface area contributed by atoms with Crippen LogP contribution in [0.15, 0.2) is 0 Å². The van der Waals surface area contributed by atoms with Crippen LogP contribution in [0, 0.1) is 5.41 Å². The van der Waals surface area contributed by atoms with Crippen molar-refractivity contribution in [2.75, 3.05) is 26.0 Å². The molecule has 2 atom stereocenters. The van der Waals surface area contributed by atoms with Crippen LogP contribution in [-0.4, -0.2) is 46.5 Å². The summed E-state index contributed by atoms with van der Waals surface area (Å²) in [5.74, 6) is 0.132. The van der Waals surface area contributed by atoms with Gasteiger partial charge in [-0.05, 0) is 5.41 Å². The van der Waals surface area contributed by atoms with Crippen molar-refractivity contribution < 1.29 is 13.2 Å². The van der Waals surface area contributed by atoms with Gasteiger partial charge >= 0.3 is 0 Å². The Hall–Kier alpha value is -0.170. The van der Waals surface area contributed by atoms with Gasteiger partial charge in [0.05, 0.1) is 17.9 Å². The van der Waals surface area contributed by atoms with Gasteiger partial charge in [-0.15, -0.1) is 0 Å². The van der Waals surface area contributed by atoms with Gasteiger partial charge in [0.25, 0.3) is 0 Å². The van der Waals surface area contributed by atoms with Crippen LogP contribution in [0.1, 0.15) is 20.8 Å². The zero-order chi connectivity index (χ0) is 12.4. The molecule has 0 amide bonds. The summed E-state index contributed by atoms with van der Waals surface area (Å²) in [6.45, 7) is 7.05. The molecular formula is C10H22N2O3S. The van der Waals surface area contributed by atoms with E-state index in [1.165, 1.54) is 0 Å². The summed E-state index contributed by atoms with van der Waals surface area (Å²) in [6.07, 6.45) is -0.0743. The maximum atomic E-state index is 11.9. The minimum absolute atomic E-state index is 0.0743. The van der Waals surface area contributed by atoms with Gasteiger partial charge in [-0.25, -0.2) is 13.1 Å². The number of methoxy groups -OCH3 is 1. The summed E-state index contributed by atoms with van der Waals surface area (Å²) in [5.41, 5.74) is -0.236. The third-order valence-corrected chi connectivity index (χ3v) is 4.32. The van der Waals surface area contributed by atoms with Crippen LogP contribution in [0.25, 0.3) is 0 Å². The van der Waals surface area contributed by atoms with Gasteiger partial charge in [0.15, 0.2) is 0 Å². The molecule has 0 aromatic heterocycles. The van der Waals surface area contributed by atoms with Crippen LogP contribution in [0.2, 0.25) is 0 Å². The predicted octanol–water partition coefficient (Wildman–Crippen LogP) is -0.0613. The Balaban J connectivity index is 2.59. The van der Waals surface area contributed by atoms with Crippen molar-refractivity contribution in [1.29, 1.82) is 0 Å². The van der Waals surface area contributed by atoms with E-state index in [1.807, 2.05) is 20.8 Å². The van der Waals surface area contributed by atoms with Gasteiger partial charge in [0.1, 0.15) is 0 Å². The maximum Gasteiger partial charge on any atom is 0.212 e. The van der Waals surface area contributed by atoms with Crippen molar-refractivity contribution in [1.82, 2.24) is 10.0 Å². The van der Waals surface area contributed by atoms with E-state index in [4.69, 9.17) is 4.74 Å². The molecule has 1 saturated heterocycles. The predicted molar refractivity (Wildman–Crippen MR) is 63.8 cm³/mol. The summed E-state index contributed by atoms with van der Waals surface area (Å²) in [4.78, 5) is 0. The minimum atomic E-state index is -3.24. The molecule has 0 aromatic rings. The van der Waals surface area contributed by atoms with E-state index in [0.717, 1.165) is 0 Å². The van der Waals surface area contributed by atoms with E-state index in [2.05, 4.69) is 10.0 Å². The van der Waals surface area contributed by atoms with E-state index in [9.17, 15) is 8.42 Å². The highest BCUT2D eigenvalue weighted by Gasteiger charge is 2.32. The molecule has 1 aliphatic heterocycles. The minimum Gasteiger partial charge on any atom is -0.378 e. The Bertz CT molecular complexity index is 321. The maximum absolute atomic E-state index is 11.9. The summed E-state index contributed by atoms with van der Waals surface area (Å²) < 4.78 is 31.6. The van der Waals surface area contributed by atoms with Crippen molar-refractivity contribution in [2.45, 2.75) is 32.9 Å². The monoisotopic (exact) mass is 250 g/mol. The molecule has 1 rings (SSSR count). The number of rotatable bonds is 4. The highest BCUT2D eigenvalue weighted by Crippen LogP contribution is 2.16. The Morgan fingerprint density at radius 3 is 2.50 bits per heavy atom. The lowest BCUT2D eigenvalue weighted by molar-refractivity contribution is 0.103. The molecule has 0 saturated carbocycles. The topological polar surface area (TPSA) is 67.4 Å². The molecule has 0 aliphatic carbocycles. The third kappa shape index (κ3) is 4.37. The Morgan fingerprint density at radius 2 is 2.00 bits per heavy atom. The van der Waals surface area contributed by atoms with Crippen LogP contribution in [-0.2, 0) is 14.8 Å². The molecule has 1 heterocycles. The zero-order valence-corrected chi connectivity index (χ0v) is 11.2. The molecule has 6 heteroatoms. The third-order valence-electron chi connectivity index (χ3n) is 2.42. The fraction of sp³-hybridized carbons (Fsp3) is 1.00. The Labute approximate surface area is 98.0 Å². The molecule has 1 aliphatic rings. The number of sulfonamides is 1. The molecular weight excluding hydrogens is 228 g/mol. The SMILES string of the molecule is CO[C@H]1CNCC1NS(=O)(=O)CC(C)(C)C. The molecule has 1 fully saturated rings. The smallest absolute Gasteiger partial charge is 0.212 e. The Morgan fingerprint density at radius 1 is 1.38 bits per heavy atom. The highest BCUT2D eigenvalue weighted by atomic mass is 32.2. The van der Waals surface area contributed by atoms with Crippen LogP contribution >= 0.6 is 0 Å². The van der Waals surface area contributed by atoms with Gasteiger partial charge in [0, 0.05) is 20.2 Å². The van der Waals surface area contributed by atoms with E-state index < -0.39 is 10.0 Å². The van der Waals surface area contributed by atoms with E-state index in [0.29, 0.717) is 13.1 Å². The van der Waals surface area contributed by atoms with Gasteiger partial charge in [0.2, 0.25) is 10.0 Å². The molecule has 2 N–H and O–H groups in total. The summed E-state index contributed by atoms with van der Waals surface area (Å²) in [7, 11) is -1.64. The van der Waals surface area contributed by atoms with Gasteiger partial charge < -0.3 is 10.1 Å². The quantitative estimate of drug-likeness (QED) is 0.733. The van der Waals surface area contributed by atoms with Gasteiger partial charge in [-0.3, -0.25) is 0 Å². The molecule has 16 heavy (non-hydrogen) atoms. The fourth-order valence-corrected chi connectivity index (χ4v) is 3.78. The van der Waals surface area contributed by atoms with Crippen LogP contribution in [0.3, 0.4) is 0 Å². The fourth-order valence-electron chi connectivity index (χ4n) is 1.86. The van der Waals surface area contributed by atoms with Crippen molar-refractivity contribution in [3.05, 3.63) is 0 Å². The molecule has 0 radical (unpaired) electrons. The normalized spacial score (nSPS) is 27.2. The van der Waals surface area contributed by atoms with Crippen molar-refractivity contribution in [3.8, 4) is 0 Å². The zero-order valence-electron chi connectivity index (χ0n) is 10.4. The average molecular weight is 250 g/mol. The highest BCUT2D eigenvalue weighted by molar-refractivity contribution is 7.89.